The minimum absolute atomic E-state index is 0.0870. The quantitative estimate of drug-likeness (QED) is 0.318. The minimum atomic E-state index is -0.298. The topological polar surface area (TPSA) is 112 Å². The Morgan fingerprint density at radius 3 is 2.91 bits per heavy atom. The maximum atomic E-state index is 12.9. The molecule has 0 saturated carbocycles. The minimum Gasteiger partial charge on any atom is -0.394 e. The van der Waals surface area contributed by atoms with Crippen LogP contribution in [0.2, 0.25) is 0 Å². The van der Waals surface area contributed by atoms with Gasteiger partial charge in [0.25, 0.3) is 5.91 Å². The number of carbonyl (C=O) groups excluding carboxylic acids is 1. The van der Waals surface area contributed by atoms with Crippen LogP contribution >= 0.6 is 23.1 Å². The summed E-state index contributed by atoms with van der Waals surface area (Å²) in [5, 5.41) is 16.9. The zero-order valence-electron chi connectivity index (χ0n) is 17.8. The van der Waals surface area contributed by atoms with Gasteiger partial charge in [-0.2, -0.15) is 0 Å². The van der Waals surface area contributed by atoms with Gasteiger partial charge in [0.15, 0.2) is 5.13 Å². The van der Waals surface area contributed by atoms with Crippen LogP contribution in [0.15, 0.2) is 35.5 Å². The van der Waals surface area contributed by atoms with Gasteiger partial charge in [0.1, 0.15) is 0 Å². The van der Waals surface area contributed by atoms with Crippen molar-refractivity contribution in [1.29, 1.82) is 0 Å². The number of benzene rings is 1. The molecular formula is C21H26N6O3S2. The second-order valence-corrected chi connectivity index (χ2v) is 9.18. The lowest BCUT2D eigenvalue weighted by molar-refractivity contribution is -0.0183. The number of nitrogens with one attached hydrogen (secondary N) is 2. The number of aromatic nitrogens is 3. The van der Waals surface area contributed by atoms with Crippen LogP contribution in [0.3, 0.4) is 0 Å². The number of anilines is 2. The fraction of sp³-hybridized carbons (Fsp3) is 0.429. The summed E-state index contributed by atoms with van der Waals surface area (Å²) in [6, 6.07) is 5.25. The molecule has 32 heavy (non-hydrogen) atoms. The van der Waals surface area contributed by atoms with E-state index in [9.17, 15) is 9.90 Å². The first-order chi connectivity index (χ1) is 15.7. The van der Waals surface area contributed by atoms with Crippen molar-refractivity contribution >= 4 is 50.3 Å². The van der Waals surface area contributed by atoms with E-state index >= 15 is 0 Å². The van der Waals surface area contributed by atoms with E-state index in [4.69, 9.17) is 4.74 Å². The van der Waals surface area contributed by atoms with Crippen LogP contribution < -0.4 is 10.6 Å². The number of aliphatic hydroxyl groups excluding tert-OH is 1. The van der Waals surface area contributed by atoms with E-state index in [1.165, 1.54) is 11.3 Å². The number of morpholine rings is 1. The summed E-state index contributed by atoms with van der Waals surface area (Å²) in [6.07, 6.45) is 6.49. The van der Waals surface area contributed by atoms with E-state index in [2.05, 4.69) is 25.6 Å². The SMILES string of the molecule is CSc1cnc(NCCCNc2nc3ccc(C(=O)N4CCOCC4CO)cc3s2)nc1. The van der Waals surface area contributed by atoms with Crippen molar-refractivity contribution in [2.75, 3.05) is 56.3 Å². The van der Waals surface area contributed by atoms with Gasteiger partial charge >= 0.3 is 0 Å². The molecule has 11 heteroatoms. The third-order valence-electron chi connectivity index (χ3n) is 5.11. The zero-order valence-corrected chi connectivity index (χ0v) is 19.4. The number of thioether (sulfide) groups is 1. The molecule has 0 aliphatic carbocycles. The highest BCUT2D eigenvalue weighted by Crippen LogP contribution is 2.27. The number of carbonyl (C=O) groups is 1. The molecule has 1 saturated heterocycles. The van der Waals surface area contributed by atoms with Crippen molar-refractivity contribution in [1.82, 2.24) is 19.9 Å². The van der Waals surface area contributed by atoms with Gasteiger partial charge in [-0.15, -0.1) is 11.8 Å². The van der Waals surface area contributed by atoms with E-state index in [1.807, 2.05) is 18.4 Å². The van der Waals surface area contributed by atoms with Crippen LogP contribution in [-0.4, -0.2) is 82.6 Å². The molecule has 0 radical (unpaired) electrons. The summed E-state index contributed by atoms with van der Waals surface area (Å²) in [5.41, 5.74) is 1.46. The van der Waals surface area contributed by atoms with Gasteiger partial charge in [0, 0.05) is 42.5 Å². The first-order valence-electron chi connectivity index (χ1n) is 10.4. The number of nitrogens with zero attached hydrogens (tertiary/aromatic N) is 4. The van der Waals surface area contributed by atoms with Crippen LogP contribution in [0.4, 0.5) is 11.1 Å². The molecular weight excluding hydrogens is 448 g/mol. The van der Waals surface area contributed by atoms with Crippen molar-refractivity contribution in [3.63, 3.8) is 0 Å². The first-order valence-corrected chi connectivity index (χ1v) is 12.5. The summed E-state index contributed by atoms with van der Waals surface area (Å²) >= 11 is 3.14. The molecule has 1 atom stereocenters. The Hall–Kier alpha value is -2.47. The Balaban J connectivity index is 1.30. The Morgan fingerprint density at radius 1 is 1.31 bits per heavy atom. The Labute approximate surface area is 194 Å². The molecule has 1 aromatic carbocycles. The smallest absolute Gasteiger partial charge is 0.254 e. The van der Waals surface area contributed by atoms with Crippen molar-refractivity contribution in [2.24, 2.45) is 0 Å². The van der Waals surface area contributed by atoms with Crippen LogP contribution in [0, 0.1) is 0 Å². The fourth-order valence-corrected chi connectivity index (χ4v) is 4.62. The lowest BCUT2D eigenvalue weighted by atomic mass is 10.1. The summed E-state index contributed by atoms with van der Waals surface area (Å²) in [4.78, 5) is 28.8. The number of amides is 1. The van der Waals surface area contributed by atoms with Crippen LogP contribution in [0.5, 0.6) is 0 Å². The van der Waals surface area contributed by atoms with E-state index in [0.717, 1.165) is 39.8 Å². The van der Waals surface area contributed by atoms with Gasteiger partial charge in [-0.1, -0.05) is 11.3 Å². The molecule has 9 nitrogen and oxygen atoms in total. The molecule has 3 N–H and O–H groups in total. The summed E-state index contributed by atoms with van der Waals surface area (Å²) in [6.45, 7) is 2.74. The molecule has 1 unspecified atom stereocenters. The normalized spacial score (nSPS) is 16.3. The van der Waals surface area contributed by atoms with Gasteiger partial charge in [-0.05, 0) is 30.9 Å². The molecule has 0 spiro atoms. The van der Waals surface area contributed by atoms with Gasteiger partial charge in [0.05, 0.1) is 36.1 Å². The Kier molecular flexibility index (Phi) is 7.74. The van der Waals surface area contributed by atoms with Crippen LogP contribution in [-0.2, 0) is 4.74 Å². The number of ether oxygens (including phenoxy) is 1. The number of rotatable bonds is 9. The predicted octanol–water partition coefficient (Wildman–Crippen LogP) is 2.56. The molecule has 4 rings (SSSR count). The maximum Gasteiger partial charge on any atom is 0.254 e. The Morgan fingerprint density at radius 2 is 2.12 bits per heavy atom. The summed E-state index contributed by atoms with van der Waals surface area (Å²) in [7, 11) is 0. The number of hydrogen-bond acceptors (Lipinski definition) is 10. The average molecular weight is 475 g/mol. The fourth-order valence-electron chi connectivity index (χ4n) is 3.37. The molecule has 3 heterocycles. The zero-order chi connectivity index (χ0) is 22.3. The molecule has 1 aliphatic heterocycles. The largest absolute Gasteiger partial charge is 0.394 e. The van der Waals surface area contributed by atoms with Crippen molar-refractivity contribution in [3.8, 4) is 0 Å². The summed E-state index contributed by atoms with van der Waals surface area (Å²) in [5.74, 6) is 0.541. The molecule has 1 amide bonds. The molecule has 3 aromatic rings. The third-order valence-corrected chi connectivity index (χ3v) is 6.77. The Bertz CT molecular complexity index is 1050. The maximum absolute atomic E-state index is 12.9. The van der Waals surface area contributed by atoms with E-state index in [1.54, 1.807) is 35.1 Å². The second-order valence-electron chi connectivity index (χ2n) is 7.26. The van der Waals surface area contributed by atoms with Gasteiger partial charge in [-0.25, -0.2) is 15.0 Å². The standard InChI is InChI=1S/C21H26N6O3S2/c1-31-16-10-24-20(25-11-16)22-5-2-6-23-21-26-17-4-3-14(9-18(17)32-21)19(29)27-7-8-30-13-15(27)12-28/h3-4,9-11,15,28H,2,5-8,12-13H2,1H3,(H,23,26)(H,22,24,25). The van der Waals surface area contributed by atoms with Crippen LogP contribution in [0.1, 0.15) is 16.8 Å². The molecule has 1 aliphatic rings. The lowest BCUT2D eigenvalue weighted by Gasteiger charge is -2.34. The van der Waals surface area contributed by atoms with E-state index in [0.29, 0.717) is 31.3 Å². The predicted molar refractivity (Wildman–Crippen MR) is 128 cm³/mol. The van der Waals surface area contributed by atoms with Gasteiger partial charge < -0.3 is 25.4 Å². The van der Waals surface area contributed by atoms with E-state index in [-0.39, 0.29) is 18.6 Å². The molecule has 170 valence electrons. The molecule has 0 bridgehead atoms. The third kappa shape index (κ3) is 5.47. The second kappa shape index (κ2) is 10.9. The highest BCUT2D eigenvalue weighted by molar-refractivity contribution is 7.98. The van der Waals surface area contributed by atoms with Crippen molar-refractivity contribution in [3.05, 3.63) is 36.2 Å². The summed E-state index contributed by atoms with van der Waals surface area (Å²) < 4.78 is 6.32. The van der Waals surface area contributed by atoms with E-state index < -0.39 is 0 Å². The van der Waals surface area contributed by atoms with Gasteiger partial charge in [0.2, 0.25) is 5.95 Å². The molecule has 1 fully saturated rings. The van der Waals surface area contributed by atoms with Gasteiger partial charge in [-0.3, -0.25) is 4.79 Å². The number of hydrogen-bond donors (Lipinski definition) is 3. The average Bonchev–Trinajstić information content (AvgIpc) is 3.25. The molecule has 2 aromatic heterocycles. The number of fused-ring (bicyclic) bond motifs is 1. The number of thiazole rings is 1. The highest BCUT2D eigenvalue weighted by Gasteiger charge is 2.27. The van der Waals surface area contributed by atoms with Crippen LogP contribution in [0.25, 0.3) is 10.2 Å². The lowest BCUT2D eigenvalue weighted by Crippen LogP contribution is -2.50. The first kappa shape index (κ1) is 22.7. The highest BCUT2D eigenvalue weighted by atomic mass is 32.2. The number of aliphatic hydroxyl groups is 1. The van der Waals surface area contributed by atoms with Crippen molar-refractivity contribution < 1.29 is 14.6 Å². The monoisotopic (exact) mass is 474 g/mol. The van der Waals surface area contributed by atoms with Crippen molar-refractivity contribution in [2.45, 2.75) is 17.4 Å².